The molecule has 6 nitrogen and oxygen atoms in total. The topological polar surface area (TPSA) is 81.7 Å². The van der Waals surface area contributed by atoms with Crippen molar-refractivity contribution < 1.29 is 14.7 Å². The zero-order valence-electron chi connectivity index (χ0n) is 12.0. The van der Waals surface area contributed by atoms with E-state index in [-0.39, 0.29) is 11.6 Å². The molecule has 1 aromatic carbocycles. The summed E-state index contributed by atoms with van der Waals surface area (Å²) in [5.74, 6) is -0.926. The minimum absolute atomic E-state index is 0.0270. The first-order chi connectivity index (χ1) is 10.2. The van der Waals surface area contributed by atoms with Gasteiger partial charge >= 0.3 is 12.0 Å². The maximum absolute atomic E-state index is 12.0. The van der Waals surface area contributed by atoms with E-state index in [9.17, 15) is 9.59 Å². The predicted octanol–water partition coefficient (Wildman–Crippen LogP) is 0.932. The highest BCUT2D eigenvalue weighted by Crippen LogP contribution is 2.05. The van der Waals surface area contributed by atoms with Crippen molar-refractivity contribution in [1.82, 2.24) is 15.5 Å². The minimum Gasteiger partial charge on any atom is -0.478 e. The molecular formula is C15H21N3O3. The summed E-state index contributed by atoms with van der Waals surface area (Å²) in [6.07, 6.45) is 1.67. The summed E-state index contributed by atoms with van der Waals surface area (Å²) in [5.41, 5.74) is 1.29. The van der Waals surface area contributed by atoms with Crippen LogP contribution in [0.25, 0.3) is 0 Å². The number of hydrogen-bond donors (Lipinski definition) is 3. The molecule has 3 N–H and O–H groups in total. The lowest BCUT2D eigenvalue weighted by atomic mass is 10.1. The van der Waals surface area contributed by atoms with Gasteiger partial charge in [0.2, 0.25) is 0 Å². The molecule has 1 fully saturated rings. The number of urea groups is 1. The molecule has 0 saturated carbocycles. The van der Waals surface area contributed by atoms with Crippen LogP contribution in [0.15, 0.2) is 24.3 Å². The molecule has 1 heterocycles. The van der Waals surface area contributed by atoms with Crippen LogP contribution in [0.1, 0.15) is 22.3 Å². The van der Waals surface area contributed by atoms with Crippen LogP contribution < -0.4 is 10.6 Å². The lowest BCUT2D eigenvalue weighted by Gasteiger charge is -2.20. The molecule has 1 aromatic rings. The summed E-state index contributed by atoms with van der Waals surface area (Å²) in [7, 11) is 0. The number of hydrogen-bond acceptors (Lipinski definition) is 3. The van der Waals surface area contributed by atoms with E-state index in [0.717, 1.165) is 38.2 Å². The summed E-state index contributed by atoms with van der Waals surface area (Å²) in [5, 5.41) is 15.0. The van der Waals surface area contributed by atoms with Gasteiger partial charge in [-0.15, -0.1) is 0 Å². The average Bonchev–Trinajstić information content (AvgIpc) is 2.77. The van der Waals surface area contributed by atoms with Crippen LogP contribution in [0.5, 0.6) is 0 Å². The molecular weight excluding hydrogens is 270 g/mol. The summed E-state index contributed by atoms with van der Waals surface area (Å²) >= 11 is 0. The summed E-state index contributed by atoms with van der Waals surface area (Å²) in [6, 6.07) is 6.71. The fourth-order valence-electron chi connectivity index (χ4n) is 2.29. The van der Waals surface area contributed by atoms with Gasteiger partial charge in [-0.1, -0.05) is 12.1 Å². The maximum atomic E-state index is 12.0. The highest BCUT2D eigenvalue weighted by Gasteiger charge is 2.14. The molecule has 1 aliphatic rings. The quantitative estimate of drug-likeness (QED) is 0.771. The van der Waals surface area contributed by atoms with Gasteiger partial charge in [-0.25, -0.2) is 9.59 Å². The highest BCUT2D eigenvalue weighted by molar-refractivity contribution is 5.87. The van der Waals surface area contributed by atoms with Crippen molar-refractivity contribution in [2.24, 2.45) is 0 Å². The standard InChI is InChI=1S/C15H21N3O3/c19-14(20)13-4-2-12(3-5-13)6-8-17-15(21)18-10-1-7-16-9-11-18/h2-5,16H,1,6-11H2,(H,17,21)(H,19,20). The molecule has 6 heteroatoms. The van der Waals surface area contributed by atoms with E-state index in [1.165, 1.54) is 0 Å². The largest absolute Gasteiger partial charge is 0.478 e. The first kappa shape index (κ1) is 15.3. The maximum Gasteiger partial charge on any atom is 0.335 e. The van der Waals surface area contributed by atoms with E-state index in [1.807, 2.05) is 4.90 Å². The third-order valence-electron chi connectivity index (χ3n) is 3.52. The van der Waals surface area contributed by atoms with Crippen LogP contribution in [-0.2, 0) is 6.42 Å². The summed E-state index contributed by atoms with van der Waals surface area (Å²) in [4.78, 5) is 24.6. The normalized spacial score (nSPS) is 15.3. The molecule has 21 heavy (non-hydrogen) atoms. The van der Waals surface area contributed by atoms with Gasteiger partial charge in [-0.3, -0.25) is 0 Å². The number of carboxylic acids is 1. The Kier molecular flexibility index (Phi) is 5.57. The van der Waals surface area contributed by atoms with Crippen LogP contribution in [-0.4, -0.2) is 54.7 Å². The second kappa shape index (κ2) is 7.64. The number of aromatic carboxylic acids is 1. The summed E-state index contributed by atoms with van der Waals surface area (Å²) in [6.45, 7) is 3.87. The van der Waals surface area contributed by atoms with Gasteiger partial charge in [0.05, 0.1) is 5.56 Å². The van der Waals surface area contributed by atoms with Crippen LogP contribution in [0, 0.1) is 0 Å². The van der Waals surface area contributed by atoms with Crippen LogP contribution >= 0.6 is 0 Å². The molecule has 0 radical (unpaired) electrons. The third kappa shape index (κ3) is 4.75. The Labute approximate surface area is 124 Å². The lowest BCUT2D eigenvalue weighted by molar-refractivity contribution is 0.0697. The molecule has 0 spiro atoms. The molecule has 2 rings (SSSR count). The monoisotopic (exact) mass is 291 g/mol. The molecule has 1 aliphatic heterocycles. The van der Waals surface area contributed by atoms with E-state index in [4.69, 9.17) is 5.11 Å². The second-order valence-corrected chi connectivity index (χ2v) is 5.07. The number of carboxylic acid groups (broad SMARTS) is 1. The Morgan fingerprint density at radius 3 is 2.67 bits per heavy atom. The number of nitrogens with one attached hydrogen (secondary N) is 2. The number of nitrogens with zero attached hydrogens (tertiary/aromatic N) is 1. The highest BCUT2D eigenvalue weighted by atomic mass is 16.4. The van der Waals surface area contributed by atoms with Gasteiger partial charge in [0.15, 0.2) is 0 Å². The Bertz CT molecular complexity index is 479. The van der Waals surface area contributed by atoms with E-state index in [0.29, 0.717) is 13.0 Å². The first-order valence-electron chi connectivity index (χ1n) is 7.22. The van der Waals surface area contributed by atoms with Crippen molar-refractivity contribution in [3.63, 3.8) is 0 Å². The molecule has 0 bridgehead atoms. The van der Waals surface area contributed by atoms with Crippen molar-refractivity contribution in [2.45, 2.75) is 12.8 Å². The van der Waals surface area contributed by atoms with Crippen molar-refractivity contribution in [1.29, 1.82) is 0 Å². The predicted molar refractivity (Wildman–Crippen MR) is 79.6 cm³/mol. The van der Waals surface area contributed by atoms with Gasteiger partial charge < -0.3 is 20.6 Å². The molecule has 0 aromatic heterocycles. The molecule has 114 valence electrons. The van der Waals surface area contributed by atoms with Crippen LogP contribution in [0.4, 0.5) is 4.79 Å². The minimum atomic E-state index is -0.926. The van der Waals surface area contributed by atoms with Gasteiger partial charge in [-0.05, 0) is 37.1 Å². The molecule has 1 saturated heterocycles. The molecule has 0 atom stereocenters. The average molecular weight is 291 g/mol. The van der Waals surface area contributed by atoms with E-state index >= 15 is 0 Å². The summed E-state index contributed by atoms with van der Waals surface area (Å²) < 4.78 is 0. The SMILES string of the molecule is O=C(O)c1ccc(CCNC(=O)N2CCCNCC2)cc1. The number of rotatable bonds is 4. The number of amides is 2. The van der Waals surface area contributed by atoms with E-state index < -0.39 is 5.97 Å². The van der Waals surface area contributed by atoms with Gasteiger partial charge in [-0.2, -0.15) is 0 Å². The molecule has 0 aliphatic carbocycles. The third-order valence-corrected chi connectivity index (χ3v) is 3.52. The van der Waals surface area contributed by atoms with E-state index in [2.05, 4.69) is 10.6 Å². The number of carbonyl (C=O) groups is 2. The Hall–Kier alpha value is -2.08. The second-order valence-electron chi connectivity index (χ2n) is 5.07. The van der Waals surface area contributed by atoms with Crippen LogP contribution in [0.3, 0.4) is 0 Å². The van der Waals surface area contributed by atoms with Crippen molar-refractivity contribution >= 4 is 12.0 Å². The van der Waals surface area contributed by atoms with Gasteiger partial charge in [0, 0.05) is 26.2 Å². The van der Waals surface area contributed by atoms with Crippen molar-refractivity contribution in [2.75, 3.05) is 32.7 Å². The zero-order chi connectivity index (χ0) is 15.1. The number of benzene rings is 1. The van der Waals surface area contributed by atoms with Crippen molar-refractivity contribution in [3.8, 4) is 0 Å². The lowest BCUT2D eigenvalue weighted by Crippen LogP contribution is -2.42. The van der Waals surface area contributed by atoms with Crippen molar-refractivity contribution in [3.05, 3.63) is 35.4 Å². The van der Waals surface area contributed by atoms with E-state index in [1.54, 1.807) is 24.3 Å². The zero-order valence-corrected chi connectivity index (χ0v) is 12.0. The Balaban J connectivity index is 1.75. The Morgan fingerprint density at radius 1 is 1.19 bits per heavy atom. The fourth-order valence-corrected chi connectivity index (χ4v) is 2.29. The molecule has 0 unspecified atom stereocenters. The smallest absolute Gasteiger partial charge is 0.335 e. The Morgan fingerprint density at radius 2 is 1.95 bits per heavy atom. The van der Waals surface area contributed by atoms with Gasteiger partial charge in [0.1, 0.15) is 0 Å². The number of carbonyl (C=O) groups excluding carboxylic acids is 1. The fraction of sp³-hybridized carbons (Fsp3) is 0.467. The molecule has 2 amide bonds. The van der Waals surface area contributed by atoms with Crippen LogP contribution in [0.2, 0.25) is 0 Å². The first-order valence-corrected chi connectivity index (χ1v) is 7.22. The van der Waals surface area contributed by atoms with Gasteiger partial charge in [0.25, 0.3) is 0 Å².